The molecule has 0 radical (unpaired) electrons. The Kier molecular flexibility index (Phi) is 3.68. The topological polar surface area (TPSA) is 52.0 Å². The Balaban J connectivity index is 3.34. The molecule has 4 nitrogen and oxygen atoms in total. The lowest BCUT2D eigenvalue weighted by Crippen LogP contribution is -2.01. The van der Waals surface area contributed by atoms with Gasteiger partial charge in [-0.15, -0.1) is 0 Å². The summed E-state index contributed by atoms with van der Waals surface area (Å²) in [7, 11) is 3.05. The van der Waals surface area contributed by atoms with Gasteiger partial charge in [0.1, 0.15) is 10.0 Å². The van der Waals surface area contributed by atoms with Crippen LogP contribution < -0.4 is 0 Å². The maximum absolute atomic E-state index is 11.3. The number of rotatable bonds is 3. The smallest absolute Gasteiger partial charge is 0.255 e. The molecule has 0 saturated carbocycles. The summed E-state index contributed by atoms with van der Waals surface area (Å²) in [5.41, 5.74) is 0.424. The van der Waals surface area contributed by atoms with Crippen LogP contribution in [-0.2, 0) is 22.5 Å². The van der Waals surface area contributed by atoms with E-state index in [0.717, 1.165) is 0 Å². The summed E-state index contributed by atoms with van der Waals surface area (Å²) in [6.07, 6.45) is 0.530. The average molecular weight is 271 g/mol. The number of aryl methyl sites for hydroxylation is 1. The molecule has 0 unspecified atom stereocenters. The van der Waals surface area contributed by atoms with Gasteiger partial charge in [-0.2, -0.15) is 5.10 Å². The lowest BCUT2D eigenvalue weighted by atomic mass is 10.1. The highest BCUT2D eigenvalue weighted by molar-refractivity contribution is 8.13. The Morgan fingerprint density at radius 3 is 2.40 bits per heavy atom. The molecule has 0 aromatic carbocycles. The fourth-order valence-electron chi connectivity index (χ4n) is 1.30. The number of hydrogen-bond donors (Lipinski definition) is 0. The second-order valence-corrected chi connectivity index (χ2v) is 6.59. The first-order chi connectivity index (χ1) is 6.73. The van der Waals surface area contributed by atoms with Crippen LogP contribution in [0.25, 0.3) is 0 Å². The highest BCUT2D eigenvalue weighted by Gasteiger charge is 2.25. The summed E-state index contributed by atoms with van der Waals surface area (Å²) in [5.74, 6) is 0.285. The molecule has 0 aliphatic rings. The molecular formula is C8H12Cl2N2O2S. The Bertz CT molecular complexity index is 465. The minimum Gasteiger partial charge on any atom is -0.255 e. The third-order valence-electron chi connectivity index (χ3n) is 1.85. The van der Waals surface area contributed by atoms with Crippen LogP contribution in [0.3, 0.4) is 0 Å². The van der Waals surface area contributed by atoms with Crippen molar-refractivity contribution in [3.05, 3.63) is 10.8 Å². The first-order valence-corrected chi connectivity index (χ1v) is 7.08. The van der Waals surface area contributed by atoms with Crippen molar-refractivity contribution >= 4 is 31.3 Å². The maximum atomic E-state index is 11.3. The van der Waals surface area contributed by atoms with E-state index in [0.29, 0.717) is 12.1 Å². The Morgan fingerprint density at radius 2 is 2.00 bits per heavy atom. The fourth-order valence-corrected chi connectivity index (χ4v) is 3.09. The SMILES string of the molecule is CC(C)Cc1nn(C)c(Cl)c1S(=O)(=O)Cl. The van der Waals surface area contributed by atoms with Gasteiger partial charge >= 0.3 is 0 Å². The first kappa shape index (κ1) is 12.8. The zero-order chi connectivity index (χ0) is 11.8. The van der Waals surface area contributed by atoms with Gasteiger partial charge in [-0.05, 0) is 12.3 Å². The highest BCUT2D eigenvalue weighted by Crippen LogP contribution is 2.29. The van der Waals surface area contributed by atoms with E-state index in [1.165, 1.54) is 4.68 Å². The van der Waals surface area contributed by atoms with E-state index in [9.17, 15) is 8.42 Å². The van der Waals surface area contributed by atoms with E-state index in [4.69, 9.17) is 22.3 Å². The Morgan fingerprint density at radius 1 is 1.47 bits per heavy atom. The van der Waals surface area contributed by atoms with Crippen LogP contribution in [-0.4, -0.2) is 18.2 Å². The molecule has 0 atom stereocenters. The molecule has 1 rings (SSSR count). The molecule has 0 fully saturated rings. The molecule has 1 aromatic heterocycles. The molecule has 86 valence electrons. The molecule has 15 heavy (non-hydrogen) atoms. The zero-order valence-corrected chi connectivity index (χ0v) is 11.0. The standard InChI is InChI=1S/C8H12Cl2N2O2S/c1-5(2)4-6-7(15(10,13)14)8(9)12(3)11-6/h5H,4H2,1-3H3. The van der Waals surface area contributed by atoms with Gasteiger partial charge < -0.3 is 0 Å². The number of aromatic nitrogens is 2. The van der Waals surface area contributed by atoms with Crippen LogP contribution in [0.2, 0.25) is 5.15 Å². The quantitative estimate of drug-likeness (QED) is 0.792. The third kappa shape index (κ3) is 2.86. The average Bonchev–Trinajstić information content (AvgIpc) is 2.24. The minimum atomic E-state index is -3.83. The molecule has 0 bridgehead atoms. The van der Waals surface area contributed by atoms with Crippen LogP contribution in [0.1, 0.15) is 19.5 Å². The molecule has 7 heteroatoms. The molecular weight excluding hydrogens is 259 g/mol. The Hall–Kier alpha value is -0.260. The van der Waals surface area contributed by atoms with Crippen molar-refractivity contribution in [2.24, 2.45) is 13.0 Å². The van der Waals surface area contributed by atoms with Crippen molar-refractivity contribution in [3.63, 3.8) is 0 Å². The normalized spacial score (nSPS) is 12.4. The van der Waals surface area contributed by atoms with E-state index in [2.05, 4.69) is 5.10 Å². The van der Waals surface area contributed by atoms with Gasteiger partial charge in [0.15, 0.2) is 0 Å². The summed E-state index contributed by atoms with van der Waals surface area (Å²) in [6, 6.07) is 0. The Labute approximate surface area is 98.6 Å². The summed E-state index contributed by atoms with van der Waals surface area (Å²) in [4.78, 5) is -0.0676. The lowest BCUT2D eigenvalue weighted by molar-refractivity contribution is 0.599. The van der Waals surface area contributed by atoms with E-state index < -0.39 is 9.05 Å². The predicted molar refractivity (Wildman–Crippen MR) is 59.8 cm³/mol. The van der Waals surface area contributed by atoms with E-state index in [1.54, 1.807) is 7.05 Å². The predicted octanol–water partition coefficient (Wildman–Crippen LogP) is 2.20. The van der Waals surface area contributed by atoms with Crippen molar-refractivity contribution < 1.29 is 8.42 Å². The lowest BCUT2D eigenvalue weighted by Gasteiger charge is -2.02. The molecule has 1 heterocycles. The summed E-state index contributed by atoms with van der Waals surface area (Å²) in [6.45, 7) is 3.93. The van der Waals surface area contributed by atoms with Gasteiger partial charge in [-0.3, -0.25) is 4.68 Å². The summed E-state index contributed by atoms with van der Waals surface area (Å²) in [5, 5.41) is 4.09. The molecule has 0 aliphatic carbocycles. The fraction of sp³-hybridized carbons (Fsp3) is 0.625. The highest BCUT2D eigenvalue weighted by atomic mass is 35.7. The second-order valence-electron chi connectivity index (χ2n) is 3.73. The number of halogens is 2. The van der Waals surface area contributed by atoms with Crippen LogP contribution in [0.5, 0.6) is 0 Å². The third-order valence-corrected chi connectivity index (χ3v) is 3.77. The number of nitrogens with zero attached hydrogens (tertiary/aromatic N) is 2. The number of hydrogen-bond acceptors (Lipinski definition) is 3. The largest absolute Gasteiger partial charge is 0.266 e. The molecule has 0 saturated heterocycles. The van der Waals surface area contributed by atoms with Crippen molar-refractivity contribution in [2.75, 3.05) is 0 Å². The minimum absolute atomic E-state index is 0.0562. The molecule has 0 aliphatic heterocycles. The van der Waals surface area contributed by atoms with Crippen molar-refractivity contribution in [1.82, 2.24) is 9.78 Å². The summed E-state index contributed by atoms with van der Waals surface area (Å²) < 4.78 is 23.9. The zero-order valence-electron chi connectivity index (χ0n) is 8.66. The van der Waals surface area contributed by atoms with E-state index in [1.807, 2.05) is 13.8 Å². The van der Waals surface area contributed by atoms with Crippen molar-refractivity contribution in [2.45, 2.75) is 25.2 Å². The van der Waals surface area contributed by atoms with Crippen molar-refractivity contribution in [1.29, 1.82) is 0 Å². The van der Waals surface area contributed by atoms with Gasteiger partial charge in [0.2, 0.25) is 0 Å². The van der Waals surface area contributed by atoms with Gasteiger partial charge in [0, 0.05) is 17.7 Å². The van der Waals surface area contributed by atoms with Gasteiger partial charge in [0.05, 0.1) is 5.69 Å². The monoisotopic (exact) mass is 270 g/mol. The molecule has 0 amide bonds. The van der Waals surface area contributed by atoms with Crippen LogP contribution in [0.4, 0.5) is 0 Å². The second kappa shape index (κ2) is 4.31. The van der Waals surface area contributed by atoms with Gasteiger partial charge in [0.25, 0.3) is 9.05 Å². The van der Waals surface area contributed by atoms with Gasteiger partial charge in [-0.25, -0.2) is 8.42 Å². The van der Waals surface area contributed by atoms with Crippen LogP contribution >= 0.6 is 22.3 Å². The molecule has 0 spiro atoms. The van der Waals surface area contributed by atoms with Gasteiger partial charge in [-0.1, -0.05) is 25.4 Å². The van der Waals surface area contributed by atoms with Crippen LogP contribution in [0.15, 0.2) is 4.90 Å². The summed E-state index contributed by atoms with van der Waals surface area (Å²) >= 11 is 5.82. The maximum Gasteiger partial charge on any atom is 0.266 e. The first-order valence-electron chi connectivity index (χ1n) is 4.39. The van der Waals surface area contributed by atoms with Crippen LogP contribution in [0, 0.1) is 5.92 Å². The molecule has 0 N–H and O–H groups in total. The van der Waals surface area contributed by atoms with E-state index >= 15 is 0 Å². The van der Waals surface area contributed by atoms with E-state index in [-0.39, 0.29) is 16.0 Å². The van der Waals surface area contributed by atoms with Crippen molar-refractivity contribution in [3.8, 4) is 0 Å². The molecule has 1 aromatic rings.